The molecule has 2 aromatic carbocycles. The second kappa shape index (κ2) is 6.00. The molecule has 2 heterocycles. The van der Waals surface area contributed by atoms with Gasteiger partial charge in [-0.15, -0.1) is 5.10 Å². The molecule has 0 bridgehead atoms. The molecule has 6 heteroatoms. The Labute approximate surface area is 142 Å². The Balaban J connectivity index is 1.98. The fourth-order valence-electron chi connectivity index (χ4n) is 2.65. The third-order valence-electron chi connectivity index (χ3n) is 3.65. The van der Waals surface area contributed by atoms with Crippen LogP contribution in [-0.4, -0.2) is 39.6 Å². The molecule has 0 unspecified atom stereocenters. The number of ether oxygens (including phenoxy) is 2. The van der Waals surface area contributed by atoms with Crippen LogP contribution >= 0.6 is 0 Å². The van der Waals surface area contributed by atoms with E-state index in [0.717, 1.165) is 16.9 Å². The SMILES string of the molecule is [Al][O]c1ccccc1-n1nc2c(c1-c1ccccc1)OCCO2. The highest BCUT2D eigenvalue weighted by molar-refractivity contribution is 6.00. The van der Waals surface area contributed by atoms with Crippen molar-refractivity contribution in [2.75, 3.05) is 13.2 Å². The molecular weight excluding hydrogens is 307 g/mol. The molecule has 0 amide bonds. The summed E-state index contributed by atoms with van der Waals surface area (Å²) in [5.41, 5.74) is 2.68. The van der Waals surface area contributed by atoms with E-state index in [4.69, 9.17) is 13.3 Å². The monoisotopic (exact) mass is 320 g/mol. The maximum atomic E-state index is 5.83. The lowest BCUT2D eigenvalue weighted by Gasteiger charge is -2.15. The van der Waals surface area contributed by atoms with Crippen molar-refractivity contribution in [2.45, 2.75) is 0 Å². The van der Waals surface area contributed by atoms with Gasteiger partial charge in [-0.3, -0.25) is 0 Å². The third kappa shape index (κ3) is 2.46. The van der Waals surface area contributed by atoms with Crippen molar-refractivity contribution in [2.24, 2.45) is 0 Å². The number of rotatable bonds is 3. The van der Waals surface area contributed by atoms with E-state index in [9.17, 15) is 0 Å². The molecule has 0 aliphatic carbocycles. The van der Waals surface area contributed by atoms with E-state index >= 15 is 0 Å². The van der Waals surface area contributed by atoms with E-state index in [-0.39, 0.29) is 0 Å². The summed E-state index contributed by atoms with van der Waals surface area (Å²) in [7, 11) is 0. The highest BCUT2D eigenvalue weighted by Crippen LogP contribution is 2.42. The number of nitrogens with zero attached hydrogens (tertiary/aromatic N) is 2. The summed E-state index contributed by atoms with van der Waals surface area (Å²) in [6, 6.07) is 17.7. The summed E-state index contributed by atoms with van der Waals surface area (Å²) in [5.74, 6) is 1.88. The number of fused-ring (bicyclic) bond motifs is 1. The molecule has 0 atom stereocenters. The molecule has 5 nitrogen and oxygen atoms in total. The topological polar surface area (TPSA) is 45.5 Å². The van der Waals surface area contributed by atoms with Gasteiger partial charge in [0.15, 0.2) is 0 Å². The van der Waals surface area contributed by atoms with Crippen LogP contribution in [0.25, 0.3) is 16.9 Å². The van der Waals surface area contributed by atoms with Gasteiger partial charge in [0, 0.05) is 5.56 Å². The van der Waals surface area contributed by atoms with E-state index < -0.39 is 0 Å². The van der Waals surface area contributed by atoms with E-state index in [1.165, 1.54) is 0 Å². The van der Waals surface area contributed by atoms with Crippen molar-refractivity contribution < 1.29 is 13.3 Å². The highest BCUT2D eigenvalue weighted by atomic mass is 27.1. The van der Waals surface area contributed by atoms with Crippen molar-refractivity contribution in [1.82, 2.24) is 9.78 Å². The Kier molecular flexibility index (Phi) is 3.70. The molecule has 0 saturated carbocycles. The average Bonchev–Trinajstić information content (AvgIpc) is 3.01. The minimum absolute atomic E-state index is 0.500. The lowest BCUT2D eigenvalue weighted by Crippen LogP contribution is -2.14. The molecule has 0 N–H and O–H groups in total. The first-order valence-electron chi connectivity index (χ1n) is 7.28. The number of benzene rings is 2. The van der Waals surface area contributed by atoms with Gasteiger partial charge in [-0.05, 0) is 12.1 Å². The second-order valence-corrected chi connectivity index (χ2v) is 5.28. The molecule has 1 aliphatic heterocycles. The van der Waals surface area contributed by atoms with Gasteiger partial charge in [0.2, 0.25) is 5.75 Å². The van der Waals surface area contributed by atoms with Gasteiger partial charge in [-0.2, -0.15) is 0 Å². The molecule has 1 aliphatic rings. The summed E-state index contributed by atoms with van der Waals surface area (Å²) in [6.45, 7) is 1.01. The van der Waals surface area contributed by atoms with Crippen molar-refractivity contribution in [3.63, 3.8) is 0 Å². The van der Waals surface area contributed by atoms with Crippen LogP contribution in [0.5, 0.6) is 17.4 Å². The molecule has 2 radical (unpaired) electrons. The molecule has 3 aromatic rings. The number of hydrogen-bond acceptors (Lipinski definition) is 4. The van der Waals surface area contributed by atoms with Crippen LogP contribution in [0.15, 0.2) is 54.6 Å². The van der Waals surface area contributed by atoms with Gasteiger partial charge in [-0.25, -0.2) is 4.68 Å². The van der Waals surface area contributed by atoms with Crippen LogP contribution in [0.4, 0.5) is 0 Å². The highest BCUT2D eigenvalue weighted by Gasteiger charge is 2.26. The summed E-state index contributed by atoms with van der Waals surface area (Å²) in [6.07, 6.45) is 0. The molecular formula is C17H13AlN2O3. The largest absolute Gasteiger partial charge is 0.652 e. The zero-order chi connectivity index (χ0) is 15.6. The minimum Gasteiger partial charge on any atom is -0.652 e. The molecule has 0 saturated heterocycles. The fourth-order valence-corrected chi connectivity index (χ4v) is 2.85. The van der Waals surface area contributed by atoms with Crippen molar-refractivity contribution in [1.29, 1.82) is 0 Å². The van der Waals surface area contributed by atoms with Crippen molar-refractivity contribution in [3.05, 3.63) is 54.6 Å². The first kappa shape index (κ1) is 14.2. The van der Waals surface area contributed by atoms with E-state index in [0.29, 0.717) is 30.6 Å². The zero-order valence-electron chi connectivity index (χ0n) is 12.3. The Bertz CT molecular complexity index is 833. The van der Waals surface area contributed by atoms with E-state index in [2.05, 4.69) is 21.7 Å². The Morgan fingerprint density at radius 2 is 1.70 bits per heavy atom. The molecule has 0 fully saturated rings. The van der Waals surface area contributed by atoms with Crippen LogP contribution in [0.1, 0.15) is 0 Å². The first-order chi connectivity index (χ1) is 11.4. The van der Waals surface area contributed by atoms with Crippen LogP contribution in [0.2, 0.25) is 0 Å². The van der Waals surface area contributed by atoms with Crippen LogP contribution < -0.4 is 13.3 Å². The number of hydrogen-bond donors (Lipinski definition) is 0. The van der Waals surface area contributed by atoms with E-state index in [1.807, 2.05) is 59.3 Å². The van der Waals surface area contributed by atoms with Gasteiger partial charge in [0.1, 0.15) is 30.3 Å². The lowest BCUT2D eigenvalue weighted by atomic mass is 10.1. The fraction of sp³-hybridized carbons (Fsp3) is 0.118. The van der Waals surface area contributed by atoms with Crippen LogP contribution in [-0.2, 0) is 0 Å². The predicted molar refractivity (Wildman–Crippen MR) is 86.4 cm³/mol. The average molecular weight is 320 g/mol. The molecule has 1 aromatic heterocycles. The standard InChI is InChI=1S/C17H14N2O3.Al/c20-14-9-5-4-8-13(14)19-15(12-6-2-1-3-7-12)16-17(18-19)22-11-10-21-16;/h1-9,20H,10-11H2;/q;+1/p-1. The minimum atomic E-state index is 0.500. The third-order valence-corrected chi connectivity index (χ3v) is 3.90. The number of para-hydroxylation sites is 2. The zero-order valence-corrected chi connectivity index (χ0v) is 13.5. The quantitative estimate of drug-likeness (QED) is 0.696. The second-order valence-electron chi connectivity index (χ2n) is 5.04. The first-order valence-corrected chi connectivity index (χ1v) is 7.76. The Hall–Kier alpha value is -2.42. The van der Waals surface area contributed by atoms with Gasteiger partial charge in [-0.1, -0.05) is 42.5 Å². The molecule has 4 rings (SSSR count). The molecule has 112 valence electrons. The predicted octanol–water partition coefficient (Wildman–Crippen LogP) is 2.77. The molecule has 0 spiro atoms. The summed E-state index contributed by atoms with van der Waals surface area (Å²) < 4.78 is 18.7. The maximum absolute atomic E-state index is 5.83. The van der Waals surface area contributed by atoms with Gasteiger partial charge in [0.05, 0.1) is 0 Å². The van der Waals surface area contributed by atoms with Crippen LogP contribution in [0, 0.1) is 0 Å². The van der Waals surface area contributed by atoms with E-state index in [1.54, 1.807) is 0 Å². The van der Waals surface area contributed by atoms with Crippen LogP contribution in [0.3, 0.4) is 0 Å². The van der Waals surface area contributed by atoms with Crippen molar-refractivity contribution in [3.8, 4) is 34.3 Å². The lowest BCUT2D eigenvalue weighted by molar-refractivity contribution is 0.167. The smallest absolute Gasteiger partial charge is 0.482 e. The summed E-state index contributed by atoms with van der Waals surface area (Å²) >= 11 is 2.27. The normalized spacial score (nSPS) is 12.9. The molecule has 23 heavy (non-hydrogen) atoms. The van der Waals surface area contributed by atoms with Gasteiger partial charge in [0.25, 0.3) is 5.88 Å². The van der Waals surface area contributed by atoms with Gasteiger partial charge < -0.3 is 13.3 Å². The Morgan fingerprint density at radius 3 is 2.52 bits per heavy atom. The van der Waals surface area contributed by atoms with Crippen molar-refractivity contribution >= 4 is 16.6 Å². The summed E-state index contributed by atoms with van der Waals surface area (Å²) in [5, 5.41) is 4.59. The summed E-state index contributed by atoms with van der Waals surface area (Å²) in [4.78, 5) is 0. The Morgan fingerprint density at radius 1 is 0.957 bits per heavy atom. The van der Waals surface area contributed by atoms with Gasteiger partial charge >= 0.3 is 16.6 Å². The maximum Gasteiger partial charge on any atom is 0.482 e. The number of aromatic nitrogens is 2.